The first kappa shape index (κ1) is 21.1. The van der Waals surface area contributed by atoms with Crippen molar-refractivity contribution in [2.75, 3.05) is 27.2 Å². The Morgan fingerprint density at radius 2 is 1.97 bits per heavy atom. The van der Waals surface area contributed by atoms with Gasteiger partial charge in [-0.15, -0.1) is 0 Å². The second kappa shape index (κ2) is 9.27. The standard InChI is InChI=1S/C22H24ClFN2O3/c1-25(13-15-5-10-20(29-2)19(24)12-15)21(27)17-4-3-11-26(14-17)22(28)16-6-8-18(23)9-7-16/h5-10,12,17H,3-4,11,13-14H2,1-2H3. The summed E-state index contributed by atoms with van der Waals surface area (Å²) in [6.45, 7) is 1.29. The van der Waals surface area contributed by atoms with Crippen molar-refractivity contribution in [3.8, 4) is 5.75 Å². The van der Waals surface area contributed by atoms with E-state index in [0.29, 0.717) is 35.8 Å². The number of nitrogens with zero attached hydrogens (tertiary/aromatic N) is 2. The van der Waals surface area contributed by atoms with E-state index in [4.69, 9.17) is 16.3 Å². The van der Waals surface area contributed by atoms with Crippen LogP contribution in [0.15, 0.2) is 42.5 Å². The third kappa shape index (κ3) is 5.07. The molecule has 0 N–H and O–H groups in total. The summed E-state index contributed by atoms with van der Waals surface area (Å²) < 4.78 is 18.8. The minimum atomic E-state index is -0.455. The minimum Gasteiger partial charge on any atom is -0.494 e. The van der Waals surface area contributed by atoms with E-state index in [2.05, 4.69) is 0 Å². The summed E-state index contributed by atoms with van der Waals surface area (Å²) in [5.74, 6) is -0.698. The second-order valence-corrected chi connectivity index (χ2v) is 7.70. The zero-order chi connectivity index (χ0) is 21.0. The highest BCUT2D eigenvalue weighted by atomic mass is 35.5. The lowest BCUT2D eigenvalue weighted by Gasteiger charge is -2.34. The Balaban J connectivity index is 1.63. The Bertz CT molecular complexity index is 888. The van der Waals surface area contributed by atoms with E-state index in [9.17, 15) is 14.0 Å². The predicted octanol–water partition coefficient (Wildman–Crippen LogP) is 4.00. The van der Waals surface area contributed by atoms with E-state index < -0.39 is 5.82 Å². The zero-order valence-corrected chi connectivity index (χ0v) is 17.3. The highest BCUT2D eigenvalue weighted by molar-refractivity contribution is 6.30. The van der Waals surface area contributed by atoms with Crippen LogP contribution in [0.4, 0.5) is 4.39 Å². The molecule has 0 aliphatic carbocycles. The van der Waals surface area contributed by atoms with Crippen LogP contribution >= 0.6 is 11.6 Å². The third-order valence-corrected chi connectivity index (χ3v) is 5.41. The molecule has 2 aromatic carbocycles. The molecule has 0 spiro atoms. The molecule has 0 saturated carbocycles. The molecule has 3 rings (SSSR count). The molecule has 2 amide bonds. The Morgan fingerprint density at radius 3 is 2.62 bits per heavy atom. The van der Waals surface area contributed by atoms with Crippen LogP contribution in [0.2, 0.25) is 5.02 Å². The topological polar surface area (TPSA) is 49.9 Å². The lowest BCUT2D eigenvalue weighted by atomic mass is 9.95. The number of hydrogen-bond acceptors (Lipinski definition) is 3. The predicted molar refractivity (Wildman–Crippen MR) is 110 cm³/mol. The monoisotopic (exact) mass is 418 g/mol. The summed E-state index contributed by atoms with van der Waals surface area (Å²) in [5, 5.41) is 0.574. The van der Waals surface area contributed by atoms with Gasteiger partial charge in [0.25, 0.3) is 5.91 Å². The molecule has 1 aliphatic heterocycles. The highest BCUT2D eigenvalue weighted by Crippen LogP contribution is 2.23. The summed E-state index contributed by atoms with van der Waals surface area (Å²) in [6, 6.07) is 11.4. The molecule has 0 aromatic heterocycles. The van der Waals surface area contributed by atoms with Crippen LogP contribution in [0.25, 0.3) is 0 Å². The molecule has 1 unspecified atom stereocenters. The maximum absolute atomic E-state index is 13.9. The second-order valence-electron chi connectivity index (χ2n) is 7.26. The molecule has 0 radical (unpaired) electrons. The number of carbonyl (C=O) groups excluding carboxylic acids is 2. The van der Waals surface area contributed by atoms with Crippen molar-refractivity contribution in [2.24, 2.45) is 5.92 Å². The Hall–Kier alpha value is -2.60. The van der Waals surface area contributed by atoms with Gasteiger partial charge in [0, 0.05) is 37.3 Å². The van der Waals surface area contributed by atoms with Crippen molar-refractivity contribution in [1.29, 1.82) is 0 Å². The summed E-state index contributed by atoms with van der Waals surface area (Å²) in [7, 11) is 3.11. The number of benzene rings is 2. The van der Waals surface area contributed by atoms with E-state index in [1.54, 1.807) is 53.2 Å². The average molecular weight is 419 g/mol. The van der Waals surface area contributed by atoms with Crippen LogP contribution < -0.4 is 4.74 Å². The number of likely N-dealkylation sites (tertiary alicyclic amines) is 1. The highest BCUT2D eigenvalue weighted by Gasteiger charge is 2.30. The van der Waals surface area contributed by atoms with Gasteiger partial charge in [-0.05, 0) is 54.8 Å². The average Bonchev–Trinajstić information content (AvgIpc) is 2.73. The van der Waals surface area contributed by atoms with Crippen LogP contribution in [-0.4, -0.2) is 48.9 Å². The molecule has 7 heteroatoms. The van der Waals surface area contributed by atoms with Crippen molar-refractivity contribution in [1.82, 2.24) is 9.80 Å². The summed E-state index contributed by atoms with van der Waals surface area (Å²) in [6.07, 6.45) is 1.49. The van der Waals surface area contributed by atoms with Gasteiger partial charge in [-0.25, -0.2) is 4.39 Å². The van der Waals surface area contributed by atoms with Crippen LogP contribution in [0.1, 0.15) is 28.8 Å². The Labute approximate surface area is 175 Å². The number of methoxy groups -OCH3 is 1. The Kier molecular flexibility index (Phi) is 6.75. The van der Waals surface area contributed by atoms with Gasteiger partial charge in [0.05, 0.1) is 13.0 Å². The number of amides is 2. The van der Waals surface area contributed by atoms with E-state index in [-0.39, 0.29) is 23.5 Å². The van der Waals surface area contributed by atoms with Gasteiger partial charge in [0.2, 0.25) is 5.91 Å². The summed E-state index contributed by atoms with van der Waals surface area (Å²) >= 11 is 5.89. The van der Waals surface area contributed by atoms with Gasteiger partial charge >= 0.3 is 0 Å². The molecule has 1 atom stereocenters. The number of carbonyl (C=O) groups is 2. The van der Waals surface area contributed by atoms with Gasteiger partial charge in [-0.3, -0.25) is 9.59 Å². The number of ether oxygens (including phenoxy) is 1. The van der Waals surface area contributed by atoms with Crippen LogP contribution in [0, 0.1) is 11.7 Å². The number of piperidine rings is 1. The molecule has 154 valence electrons. The molecule has 1 heterocycles. The molecule has 2 aromatic rings. The van der Waals surface area contributed by atoms with E-state index in [1.165, 1.54) is 13.2 Å². The van der Waals surface area contributed by atoms with Crippen LogP contribution in [0.3, 0.4) is 0 Å². The number of rotatable bonds is 5. The lowest BCUT2D eigenvalue weighted by molar-refractivity contribution is -0.136. The first-order chi connectivity index (χ1) is 13.9. The van der Waals surface area contributed by atoms with Gasteiger partial charge in [0.1, 0.15) is 0 Å². The van der Waals surface area contributed by atoms with Crippen LogP contribution in [-0.2, 0) is 11.3 Å². The maximum Gasteiger partial charge on any atom is 0.253 e. The number of hydrogen-bond donors (Lipinski definition) is 0. The molecule has 1 saturated heterocycles. The van der Waals surface area contributed by atoms with Crippen molar-refractivity contribution in [3.63, 3.8) is 0 Å². The molecule has 5 nitrogen and oxygen atoms in total. The summed E-state index contributed by atoms with van der Waals surface area (Å²) in [5.41, 5.74) is 1.24. The van der Waals surface area contributed by atoms with E-state index in [0.717, 1.165) is 12.8 Å². The first-order valence-electron chi connectivity index (χ1n) is 9.51. The third-order valence-electron chi connectivity index (χ3n) is 5.16. The zero-order valence-electron chi connectivity index (χ0n) is 16.5. The normalized spacial score (nSPS) is 16.4. The van der Waals surface area contributed by atoms with Gasteiger partial charge in [-0.1, -0.05) is 17.7 Å². The smallest absolute Gasteiger partial charge is 0.253 e. The molecular formula is C22H24ClFN2O3. The SMILES string of the molecule is COc1ccc(CN(C)C(=O)C2CCCN(C(=O)c3ccc(Cl)cc3)C2)cc1F. The fourth-order valence-corrected chi connectivity index (χ4v) is 3.74. The Morgan fingerprint density at radius 1 is 1.24 bits per heavy atom. The van der Waals surface area contributed by atoms with Crippen molar-refractivity contribution >= 4 is 23.4 Å². The van der Waals surface area contributed by atoms with Gasteiger partial charge < -0.3 is 14.5 Å². The first-order valence-corrected chi connectivity index (χ1v) is 9.89. The molecule has 29 heavy (non-hydrogen) atoms. The number of halogens is 2. The molecular weight excluding hydrogens is 395 g/mol. The van der Waals surface area contributed by atoms with E-state index >= 15 is 0 Å². The minimum absolute atomic E-state index is 0.0465. The fourth-order valence-electron chi connectivity index (χ4n) is 3.61. The van der Waals surface area contributed by atoms with Crippen molar-refractivity contribution in [2.45, 2.75) is 19.4 Å². The fraction of sp³-hybridized carbons (Fsp3) is 0.364. The lowest BCUT2D eigenvalue weighted by Crippen LogP contribution is -2.45. The summed E-state index contributed by atoms with van der Waals surface area (Å²) in [4.78, 5) is 29.0. The maximum atomic E-state index is 13.9. The van der Waals surface area contributed by atoms with Crippen LogP contribution in [0.5, 0.6) is 5.75 Å². The molecule has 1 aliphatic rings. The van der Waals surface area contributed by atoms with Crippen molar-refractivity contribution < 1.29 is 18.7 Å². The van der Waals surface area contributed by atoms with Gasteiger partial charge in [-0.2, -0.15) is 0 Å². The van der Waals surface area contributed by atoms with E-state index in [1.807, 2.05) is 0 Å². The largest absolute Gasteiger partial charge is 0.494 e. The molecule has 0 bridgehead atoms. The van der Waals surface area contributed by atoms with Crippen molar-refractivity contribution in [3.05, 3.63) is 64.4 Å². The molecule has 1 fully saturated rings. The quantitative estimate of drug-likeness (QED) is 0.737. The van der Waals surface area contributed by atoms with Gasteiger partial charge in [0.15, 0.2) is 11.6 Å².